The molecule has 1 aliphatic rings. The van der Waals surface area contributed by atoms with Crippen LogP contribution >= 0.6 is 0 Å². The number of hydrogen-bond donors (Lipinski definition) is 0. The molecule has 0 unspecified atom stereocenters. The van der Waals surface area contributed by atoms with Gasteiger partial charge in [-0.3, -0.25) is 13.6 Å². The molecule has 0 atom stereocenters. The molecule has 0 aliphatic heterocycles. The molecule has 0 spiro atoms. The Labute approximate surface area is 124 Å². The Bertz CT molecular complexity index is 97.6. The summed E-state index contributed by atoms with van der Waals surface area (Å²) in [6, 6.07) is 0. The van der Waals surface area contributed by atoms with E-state index in [0.29, 0.717) is 0 Å². The van der Waals surface area contributed by atoms with E-state index < -0.39 is 0 Å². The third-order valence-electron chi connectivity index (χ3n) is 0.655. The van der Waals surface area contributed by atoms with E-state index >= 15 is 0 Å². The van der Waals surface area contributed by atoms with Gasteiger partial charge in [0.2, 0.25) is 0 Å². The van der Waals surface area contributed by atoms with Crippen molar-refractivity contribution in [2.24, 2.45) is 0 Å². The van der Waals surface area contributed by atoms with Gasteiger partial charge in [-0.05, 0) is 6.42 Å². The molecule has 0 radical (unpaired) electrons. The summed E-state index contributed by atoms with van der Waals surface area (Å²) in [6.45, 7) is 6.50. The molecule has 4 heteroatoms. The van der Waals surface area contributed by atoms with Crippen molar-refractivity contribution in [2.45, 2.75) is 6.42 Å². The van der Waals surface area contributed by atoms with Gasteiger partial charge in [0.05, 0.1) is 0 Å². The molecule has 0 fully saturated rings. The first kappa shape index (κ1) is 22.7. The number of rotatable bonds is 0. The summed E-state index contributed by atoms with van der Waals surface area (Å²) in [7, 11) is 0. The normalized spacial score (nSPS) is 8.73. The molecule has 11 heavy (non-hydrogen) atoms. The Balaban J connectivity index is -0.0000000213. The quantitative estimate of drug-likeness (QED) is 0.290. The van der Waals surface area contributed by atoms with E-state index in [1.54, 1.807) is 0 Å². The average Bonchev–Trinajstić information content (AvgIpc) is 2.51. The summed E-state index contributed by atoms with van der Waals surface area (Å²) in [4.78, 5) is 15.5. The molecule has 0 aromatic heterocycles. The van der Waals surface area contributed by atoms with Crippen LogP contribution in [0.1, 0.15) is 7.85 Å². The predicted octanol–water partition coefficient (Wildman–Crippen LogP) is -1.93. The first-order valence-corrected chi connectivity index (χ1v) is 2.29. The SMILES string of the molecule is C1=CCC=C1.[CH-]=O.[CH-]=O.[H-].[K+].[Ru+2]. The first-order valence-electron chi connectivity index (χ1n) is 2.29. The zero-order valence-electron chi connectivity index (χ0n) is 7.34. The third-order valence-corrected chi connectivity index (χ3v) is 0.655. The molecule has 0 amide bonds. The summed E-state index contributed by atoms with van der Waals surface area (Å²) in [6.07, 6.45) is 9.50. The minimum Gasteiger partial charge on any atom is -1.00 e. The van der Waals surface area contributed by atoms with Gasteiger partial charge in [0.15, 0.2) is 0 Å². The van der Waals surface area contributed by atoms with E-state index in [1.807, 2.05) is 0 Å². The number of carbonyl (C=O) groups excluding carboxylic acids is 2. The van der Waals surface area contributed by atoms with Crippen LogP contribution in [0.15, 0.2) is 24.3 Å². The Morgan fingerprint density at radius 3 is 1.36 bits per heavy atom. The van der Waals surface area contributed by atoms with E-state index in [0.717, 1.165) is 6.42 Å². The Hall–Kier alpha value is 1.08. The van der Waals surface area contributed by atoms with E-state index in [-0.39, 0.29) is 72.3 Å². The zero-order valence-corrected chi connectivity index (χ0v) is 11.2. The molecule has 0 heterocycles. The first-order chi connectivity index (χ1) is 4.50. The summed E-state index contributed by atoms with van der Waals surface area (Å²) in [5.41, 5.74) is 0. The van der Waals surface area contributed by atoms with Gasteiger partial charge < -0.3 is 11.0 Å². The molecular formula is C7H9KO2Ru. The van der Waals surface area contributed by atoms with Crippen LogP contribution in [0.3, 0.4) is 0 Å². The van der Waals surface area contributed by atoms with E-state index in [4.69, 9.17) is 9.59 Å². The summed E-state index contributed by atoms with van der Waals surface area (Å²) >= 11 is 0. The molecule has 0 bridgehead atoms. The molecule has 0 N–H and O–H groups in total. The maximum absolute atomic E-state index is 7.75. The summed E-state index contributed by atoms with van der Waals surface area (Å²) < 4.78 is 0. The van der Waals surface area contributed by atoms with Crippen molar-refractivity contribution < 1.29 is 81.9 Å². The van der Waals surface area contributed by atoms with Crippen LogP contribution in [-0.2, 0) is 29.1 Å². The number of allylic oxidation sites excluding steroid dienone is 4. The fourth-order valence-corrected chi connectivity index (χ4v) is 0.393. The van der Waals surface area contributed by atoms with E-state index in [9.17, 15) is 0 Å². The van der Waals surface area contributed by atoms with Crippen LogP contribution in [0.4, 0.5) is 0 Å². The second-order valence-electron chi connectivity index (χ2n) is 1.09. The van der Waals surface area contributed by atoms with Gasteiger partial charge in [0.25, 0.3) is 0 Å². The van der Waals surface area contributed by atoms with E-state index in [2.05, 4.69) is 37.9 Å². The molecule has 58 valence electrons. The summed E-state index contributed by atoms with van der Waals surface area (Å²) in [5.74, 6) is 0. The smallest absolute Gasteiger partial charge is 1.00 e. The predicted molar refractivity (Wildman–Crippen MR) is 37.5 cm³/mol. The monoisotopic (exact) mass is 266 g/mol. The van der Waals surface area contributed by atoms with Gasteiger partial charge in [-0.1, -0.05) is 24.3 Å². The van der Waals surface area contributed by atoms with Gasteiger partial charge >= 0.3 is 70.9 Å². The topological polar surface area (TPSA) is 34.1 Å². The summed E-state index contributed by atoms with van der Waals surface area (Å²) in [5, 5.41) is 0. The van der Waals surface area contributed by atoms with Crippen molar-refractivity contribution in [1.82, 2.24) is 0 Å². The van der Waals surface area contributed by atoms with Crippen molar-refractivity contribution in [2.75, 3.05) is 0 Å². The van der Waals surface area contributed by atoms with Crippen molar-refractivity contribution >= 4 is 13.6 Å². The molecule has 0 saturated carbocycles. The van der Waals surface area contributed by atoms with Crippen molar-refractivity contribution in [3.05, 3.63) is 24.3 Å². The third kappa shape index (κ3) is 24.7. The Morgan fingerprint density at radius 2 is 1.27 bits per heavy atom. The van der Waals surface area contributed by atoms with Gasteiger partial charge in [-0.2, -0.15) is 0 Å². The van der Waals surface area contributed by atoms with Gasteiger partial charge in [0, 0.05) is 0 Å². The molecule has 0 aromatic rings. The van der Waals surface area contributed by atoms with Gasteiger partial charge in [-0.25, -0.2) is 0 Å². The van der Waals surface area contributed by atoms with Crippen molar-refractivity contribution in [1.29, 1.82) is 0 Å². The maximum Gasteiger partial charge on any atom is 2.00 e. The van der Waals surface area contributed by atoms with Gasteiger partial charge in [0.1, 0.15) is 0 Å². The minimum atomic E-state index is 0. The van der Waals surface area contributed by atoms with Crippen molar-refractivity contribution in [3.8, 4) is 0 Å². The molecule has 1 aliphatic carbocycles. The van der Waals surface area contributed by atoms with Gasteiger partial charge in [-0.15, -0.1) is 0 Å². The largest absolute Gasteiger partial charge is 2.00 e. The molecule has 1 rings (SSSR count). The average molecular weight is 265 g/mol. The second-order valence-corrected chi connectivity index (χ2v) is 1.09. The Kier molecular flexibility index (Phi) is 62.9. The number of hydrogen-bond acceptors (Lipinski definition) is 2. The van der Waals surface area contributed by atoms with Crippen LogP contribution in [-0.4, -0.2) is 13.6 Å². The minimum absolute atomic E-state index is 0. The molecular weight excluding hydrogens is 256 g/mol. The van der Waals surface area contributed by atoms with Crippen LogP contribution < -0.4 is 51.4 Å². The fourth-order valence-electron chi connectivity index (χ4n) is 0.393. The van der Waals surface area contributed by atoms with Crippen LogP contribution in [0.2, 0.25) is 0 Å². The van der Waals surface area contributed by atoms with Crippen LogP contribution in [0, 0.1) is 0 Å². The fraction of sp³-hybridized carbons (Fsp3) is 0.143. The molecule has 0 aromatic carbocycles. The van der Waals surface area contributed by atoms with Crippen LogP contribution in [0.25, 0.3) is 0 Å². The second kappa shape index (κ2) is 30.5. The molecule has 0 saturated heterocycles. The zero-order chi connectivity index (χ0) is 7.54. The van der Waals surface area contributed by atoms with Crippen molar-refractivity contribution in [3.63, 3.8) is 0 Å². The standard InChI is InChI=1S/C5H6.2CHO.K.Ru.H/c1-2-4-5-3-1;2*1-2;;;/h1-4H,5H2;2*1H;;;/q;2*-1;+1;+2;-1. The molecule has 2 nitrogen and oxygen atoms in total. The Morgan fingerprint density at radius 1 is 1.00 bits per heavy atom. The van der Waals surface area contributed by atoms with E-state index in [1.165, 1.54) is 0 Å². The van der Waals surface area contributed by atoms with Crippen LogP contribution in [0.5, 0.6) is 0 Å². The maximum atomic E-state index is 7.75.